The molecule has 1 aliphatic rings. The molecule has 1 aromatic rings. The van der Waals surface area contributed by atoms with E-state index >= 15 is 0 Å². The fraction of sp³-hybridized carbons (Fsp3) is 0.650. The third-order valence-electron chi connectivity index (χ3n) is 4.73. The first-order valence-electron chi connectivity index (χ1n) is 9.21. The number of aryl methyl sites for hydroxylation is 1. The van der Waals surface area contributed by atoms with E-state index in [2.05, 4.69) is 79.4 Å². The molecule has 0 radical (unpaired) electrons. The fourth-order valence-electron chi connectivity index (χ4n) is 3.31. The Morgan fingerprint density at radius 1 is 1.23 bits per heavy atom. The van der Waals surface area contributed by atoms with Crippen molar-refractivity contribution in [3.63, 3.8) is 0 Å². The maximum Gasteiger partial charge on any atom is 0.191 e. The number of guanidine groups is 1. The van der Waals surface area contributed by atoms with Crippen LogP contribution in [-0.4, -0.2) is 55.3 Å². The molecule has 2 atom stereocenters. The van der Waals surface area contributed by atoms with Gasteiger partial charge < -0.3 is 15.4 Å². The lowest BCUT2D eigenvalue weighted by atomic mass is 10.00. The Hall–Kier alpha value is -0.860. The van der Waals surface area contributed by atoms with Crippen molar-refractivity contribution >= 4 is 29.9 Å². The first-order valence-corrected chi connectivity index (χ1v) is 9.21. The zero-order valence-corrected chi connectivity index (χ0v) is 19.3. The van der Waals surface area contributed by atoms with Gasteiger partial charge in [-0.05, 0) is 40.2 Å². The molecule has 26 heavy (non-hydrogen) atoms. The maximum absolute atomic E-state index is 5.86. The molecule has 1 aliphatic heterocycles. The molecule has 2 rings (SSSR count). The minimum Gasteiger partial charge on any atom is -0.373 e. The van der Waals surface area contributed by atoms with Gasteiger partial charge in [-0.2, -0.15) is 0 Å². The standard InChI is InChI=1S/C20H34N4O.HI/c1-15-8-7-9-18(10-15)11-22-19(21-6)23-14-20(4,5)24-12-16(2)25-17(3)13-24;/h7-10,16-17H,11-14H2,1-6H3,(H2,21,22,23);1H. The molecule has 5 nitrogen and oxygen atoms in total. The molecule has 6 heteroatoms. The number of rotatable bonds is 5. The van der Waals surface area contributed by atoms with Gasteiger partial charge in [0, 0.05) is 38.8 Å². The van der Waals surface area contributed by atoms with Gasteiger partial charge in [0.2, 0.25) is 0 Å². The Kier molecular flexibility index (Phi) is 9.33. The number of nitrogens with one attached hydrogen (secondary N) is 2. The molecule has 0 bridgehead atoms. The van der Waals surface area contributed by atoms with E-state index in [0.717, 1.165) is 32.1 Å². The van der Waals surface area contributed by atoms with Crippen LogP contribution in [0.3, 0.4) is 0 Å². The van der Waals surface area contributed by atoms with E-state index in [1.165, 1.54) is 11.1 Å². The Morgan fingerprint density at radius 2 is 1.88 bits per heavy atom. The van der Waals surface area contributed by atoms with Gasteiger partial charge in [-0.1, -0.05) is 29.8 Å². The molecule has 1 heterocycles. The summed E-state index contributed by atoms with van der Waals surface area (Å²) in [5, 5.41) is 6.88. The average molecular weight is 474 g/mol. The molecule has 148 valence electrons. The predicted octanol–water partition coefficient (Wildman–Crippen LogP) is 3.17. The summed E-state index contributed by atoms with van der Waals surface area (Å²) in [6.45, 7) is 14.5. The minimum absolute atomic E-state index is 0. The van der Waals surface area contributed by atoms with E-state index in [4.69, 9.17) is 4.74 Å². The highest BCUT2D eigenvalue weighted by Crippen LogP contribution is 2.20. The van der Waals surface area contributed by atoms with Gasteiger partial charge in [-0.3, -0.25) is 9.89 Å². The van der Waals surface area contributed by atoms with Crippen LogP contribution in [0.15, 0.2) is 29.3 Å². The molecular weight excluding hydrogens is 439 g/mol. The summed E-state index contributed by atoms with van der Waals surface area (Å²) < 4.78 is 5.86. The SMILES string of the molecule is CN=C(NCc1cccc(C)c1)NCC(C)(C)N1CC(C)OC(C)C1.I. The van der Waals surface area contributed by atoms with Crippen LogP contribution in [0.5, 0.6) is 0 Å². The Balaban J connectivity index is 0.00000338. The summed E-state index contributed by atoms with van der Waals surface area (Å²) in [5.41, 5.74) is 2.57. The summed E-state index contributed by atoms with van der Waals surface area (Å²) in [6, 6.07) is 8.53. The smallest absolute Gasteiger partial charge is 0.191 e. The van der Waals surface area contributed by atoms with E-state index in [1.54, 1.807) is 0 Å². The number of halogens is 1. The largest absolute Gasteiger partial charge is 0.373 e. The quantitative estimate of drug-likeness (QED) is 0.391. The van der Waals surface area contributed by atoms with Gasteiger partial charge in [0.05, 0.1) is 12.2 Å². The second-order valence-electron chi connectivity index (χ2n) is 7.74. The van der Waals surface area contributed by atoms with Crippen molar-refractivity contribution < 1.29 is 4.74 Å². The molecule has 0 aliphatic carbocycles. The van der Waals surface area contributed by atoms with Gasteiger partial charge in [0.15, 0.2) is 5.96 Å². The summed E-state index contributed by atoms with van der Waals surface area (Å²) >= 11 is 0. The summed E-state index contributed by atoms with van der Waals surface area (Å²) in [7, 11) is 1.82. The fourth-order valence-corrected chi connectivity index (χ4v) is 3.31. The third kappa shape index (κ3) is 7.04. The van der Waals surface area contributed by atoms with Crippen LogP contribution in [0.1, 0.15) is 38.8 Å². The molecule has 1 aromatic carbocycles. The van der Waals surface area contributed by atoms with Crippen LogP contribution in [-0.2, 0) is 11.3 Å². The highest BCUT2D eigenvalue weighted by molar-refractivity contribution is 14.0. The molecule has 1 saturated heterocycles. The normalized spacial score (nSPS) is 21.8. The van der Waals surface area contributed by atoms with Crippen LogP contribution in [0.2, 0.25) is 0 Å². The number of ether oxygens (including phenoxy) is 1. The number of hydrogen-bond acceptors (Lipinski definition) is 3. The summed E-state index contributed by atoms with van der Waals surface area (Å²) in [5.74, 6) is 0.837. The van der Waals surface area contributed by atoms with Gasteiger partial charge in [-0.15, -0.1) is 24.0 Å². The lowest BCUT2D eigenvalue weighted by Gasteiger charge is -2.45. The molecule has 2 unspecified atom stereocenters. The third-order valence-corrected chi connectivity index (χ3v) is 4.73. The van der Waals surface area contributed by atoms with Crippen LogP contribution in [0.4, 0.5) is 0 Å². The number of aliphatic imine (C=N–C) groups is 1. The monoisotopic (exact) mass is 474 g/mol. The molecule has 0 aromatic heterocycles. The van der Waals surface area contributed by atoms with Crippen LogP contribution < -0.4 is 10.6 Å². The predicted molar refractivity (Wildman–Crippen MR) is 120 cm³/mol. The lowest BCUT2D eigenvalue weighted by molar-refractivity contribution is -0.0946. The van der Waals surface area contributed by atoms with Crippen molar-refractivity contribution in [3.8, 4) is 0 Å². The highest BCUT2D eigenvalue weighted by atomic mass is 127. The number of benzene rings is 1. The first kappa shape index (κ1) is 23.2. The molecule has 2 N–H and O–H groups in total. The zero-order chi connectivity index (χ0) is 18.4. The highest BCUT2D eigenvalue weighted by Gasteiger charge is 2.33. The van der Waals surface area contributed by atoms with Crippen molar-refractivity contribution in [3.05, 3.63) is 35.4 Å². The van der Waals surface area contributed by atoms with Crippen molar-refractivity contribution in [2.75, 3.05) is 26.7 Å². The average Bonchev–Trinajstić information content (AvgIpc) is 2.54. The van der Waals surface area contributed by atoms with Crippen LogP contribution in [0.25, 0.3) is 0 Å². The molecule has 0 spiro atoms. The Labute approximate surface area is 176 Å². The minimum atomic E-state index is 0. The number of morpholine rings is 1. The van der Waals surface area contributed by atoms with E-state index in [1.807, 2.05) is 7.05 Å². The van der Waals surface area contributed by atoms with E-state index < -0.39 is 0 Å². The number of hydrogen-bond donors (Lipinski definition) is 2. The van der Waals surface area contributed by atoms with Gasteiger partial charge >= 0.3 is 0 Å². The van der Waals surface area contributed by atoms with E-state index in [-0.39, 0.29) is 41.7 Å². The lowest BCUT2D eigenvalue weighted by Crippen LogP contribution is -2.59. The summed E-state index contributed by atoms with van der Waals surface area (Å²) in [4.78, 5) is 6.86. The van der Waals surface area contributed by atoms with Gasteiger partial charge in [0.25, 0.3) is 0 Å². The van der Waals surface area contributed by atoms with Crippen molar-refractivity contribution in [2.45, 2.75) is 58.9 Å². The molecule has 0 saturated carbocycles. The first-order chi connectivity index (χ1) is 11.8. The second-order valence-corrected chi connectivity index (χ2v) is 7.74. The Bertz CT molecular complexity index is 581. The maximum atomic E-state index is 5.86. The zero-order valence-electron chi connectivity index (χ0n) is 17.0. The van der Waals surface area contributed by atoms with Crippen molar-refractivity contribution in [1.29, 1.82) is 0 Å². The second kappa shape index (κ2) is 10.5. The van der Waals surface area contributed by atoms with Crippen molar-refractivity contribution in [1.82, 2.24) is 15.5 Å². The number of nitrogens with zero attached hydrogens (tertiary/aromatic N) is 2. The van der Waals surface area contributed by atoms with Crippen molar-refractivity contribution in [2.24, 2.45) is 4.99 Å². The molecule has 0 amide bonds. The topological polar surface area (TPSA) is 48.9 Å². The Morgan fingerprint density at radius 3 is 2.46 bits per heavy atom. The van der Waals surface area contributed by atoms with Gasteiger partial charge in [-0.25, -0.2) is 0 Å². The molecular formula is C20H35IN4O. The summed E-state index contributed by atoms with van der Waals surface area (Å²) in [6.07, 6.45) is 0.559. The van der Waals surface area contributed by atoms with Crippen LogP contribution >= 0.6 is 24.0 Å². The van der Waals surface area contributed by atoms with E-state index in [9.17, 15) is 0 Å². The van der Waals surface area contributed by atoms with Crippen LogP contribution in [0, 0.1) is 6.92 Å². The van der Waals surface area contributed by atoms with Gasteiger partial charge in [0.1, 0.15) is 0 Å². The van der Waals surface area contributed by atoms with E-state index in [0.29, 0.717) is 0 Å². The molecule has 1 fully saturated rings.